The molecule has 1 aliphatic heterocycles. The van der Waals surface area contributed by atoms with E-state index in [2.05, 4.69) is 18.8 Å². The van der Waals surface area contributed by atoms with Crippen molar-refractivity contribution < 1.29 is 19.4 Å². The molecule has 0 bridgehead atoms. The number of hydrogen-bond acceptors (Lipinski definition) is 4. The van der Waals surface area contributed by atoms with Gasteiger partial charge >= 0.3 is 5.97 Å². The average Bonchev–Trinajstić information content (AvgIpc) is 2.14. The van der Waals surface area contributed by atoms with Gasteiger partial charge in [-0.3, -0.25) is 9.79 Å². The maximum atomic E-state index is 10.2. The van der Waals surface area contributed by atoms with Gasteiger partial charge in [-0.15, -0.1) is 0 Å². The Balaban J connectivity index is 2.19. The first-order chi connectivity index (χ1) is 6.99. The van der Waals surface area contributed by atoms with Gasteiger partial charge in [0.2, 0.25) is 0 Å². The number of carboxylic acids is 1. The van der Waals surface area contributed by atoms with Crippen LogP contribution in [-0.2, 0) is 14.3 Å². The van der Waals surface area contributed by atoms with E-state index in [4.69, 9.17) is 14.6 Å². The quantitative estimate of drug-likeness (QED) is 0.708. The molecule has 0 radical (unpaired) electrons. The molecule has 0 aliphatic carbocycles. The molecule has 15 heavy (non-hydrogen) atoms. The van der Waals surface area contributed by atoms with Gasteiger partial charge < -0.3 is 14.6 Å². The van der Waals surface area contributed by atoms with Crippen molar-refractivity contribution in [3.05, 3.63) is 0 Å². The Kier molecular flexibility index (Phi) is 4.23. The van der Waals surface area contributed by atoms with Crippen LogP contribution < -0.4 is 0 Å². The van der Waals surface area contributed by atoms with E-state index < -0.39 is 5.97 Å². The van der Waals surface area contributed by atoms with Gasteiger partial charge in [0.25, 0.3) is 0 Å². The Labute approximate surface area is 89.1 Å². The van der Waals surface area contributed by atoms with E-state index >= 15 is 0 Å². The Morgan fingerprint density at radius 1 is 1.53 bits per heavy atom. The lowest BCUT2D eigenvalue weighted by atomic mass is 9.95. The lowest BCUT2D eigenvalue weighted by Crippen LogP contribution is -2.37. The number of carboxylic acid groups (broad SMARTS) is 1. The van der Waals surface area contributed by atoms with Crippen LogP contribution in [-0.4, -0.2) is 43.3 Å². The number of aliphatic imine (C=N–C) groups is 1. The Morgan fingerprint density at radius 3 is 2.67 bits per heavy atom. The van der Waals surface area contributed by atoms with Gasteiger partial charge in [0, 0.05) is 18.1 Å². The van der Waals surface area contributed by atoms with Crippen molar-refractivity contribution >= 4 is 12.2 Å². The average molecular weight is 215 g/mol. The number of nitrogens with zero attached hydrogens (tertiary/aromatic N) is 1. The van der Waals surface area contributed by atoms with Gasteiger partial charge in [-0.25, -0.2) is 0 Å². The van der Waals surface area contributed by atoms with Crippen LogP contribution >= 0.6 is 0 Å². The summed E-state index contributed by atoms with van der Waals surface area (Å²) in [5.41, 5.74) is 0.0642. The molecule has 86 valence electrons. The van der Waals surface area contributed by atoms with Crippen LogP contribution in [0.15, 0.2) is 4.99 Å². The zero-order valence-electron chi connectivity index (χ0n) is 9.10. The second kappa shape index (κ2) is 5.23. The summed E-state index contributed by atoms with van der Waals surface area (Å²) in [4.78, 5) is 13.9. The summed E-state index contributed by atoms with van der Waals surface area (Å²) in [6.07, 6.45) is 1.76. The zero-order valence-corrected chi connectivity index (χ0v) is 9.10. The highest BCUT2D eigenvalue weighted by Gasteiger charge is 2.27. The Bertz CT molecular complexity index is 240. The SMILES string of the molecule is CC1(C)COC(CC=NCC(=O)O)OC1. The van der Waals surface area contributed by atoms with E-state index in [1.807, 2.05) is 0 Å². The van der Waals surface area contributed by atoms with Crippen molar-refractivity contribution in [3.8, 4) is 0 Å². The lowest BCUT2D eigenvalue weighted by Gasteiger charge is -2.34. The van der Waals surface area contributed by atoms with Gasteiger partial charge in [0.15, 0.2) is 6.29 Å². The van der Waals surface area contributed by atoms with Gasteiger partial charge in [-0.2, -0.15) is 0 Å². The van der Waals surface area contributed by atoms with Crippen molar-refractivity contribution in [1.82, 2.24) is 0 Å². The van der Waals surface area contributed by atoms with Crippen molar-refractivity contribution in [3.63, 3.8) is 0 Å². The lowest BCUT2D eigenvalue weighted by molar-refractivity contribution is -0.217. The molecule has 0 atom stereocenters. The molecule has 0 aromatic carbocycles. The Hall–Kier alpha value is -0.940. The van der Waals surface area contributed by atoms with E-state index in [0.717, 1.165) is 0 Å². The van der Waals surface area contributed by atoms with Gasteiger partial charge in [-0.05, 0) is 0 Å². The molecule has 0 amide bonds. The van der Waals surface area contributed by atoms with Gasteiger partial charge in [-0.1, -0.05) is 13.8 Å². The summed E-state index contributed by atoms with van der Waals surface area (Å²) in [6.45, 7) is 5.26. The minimum Gasteiger partial charge on any atom is -0.480 e. The monoisotopic (exact) mass is 215 g/mol. The summed E-state index contributed by atoms with van der Waals surface area (Å²) in [7, 11) is 0. The first kappa shape index (κ1) is 12.1. The maximum Gasteiger partial charge on any atom is 0.325 e. The molecule has 1 heterocycles. The fraction of sp³-hybridized carbons (Fsp3) is 0.800. The number of ether oxygens (including phenoxy) is 2. The first-order valence-corrected chi connectivity index (χ1v) is 4.93. The van der Waals surface area contributed by atoms with Crippen molar-refractivity contribution in [2.24, 2.45) is 10.4 Å². The van der Waals surface area contributed by atoms with Crippen LogP contribution in [0.2, 0.25) is 0 Å². The fourth-order valence-corrected chi connectivity index (χ4v) is 1.17. The van der Waals surface area contributed by atoms with Crippen molar-refractivity contribution in [1.29, 1.82) is 0 Å². The molecule has 1 fully saturated rings. The highest BCUT2D eigenvalue weighted by molar-refractivity contribution is 5.71. The minimum absolute atomic E-state index is 0.0642. The first-order valence-electron chi connectivity index (χ1n) is 4.93. The molecular formula is C10H17NO4. The third-order valence-corrected chi connectivity index (χ3v) is 1.97. The molecule has 1 saturated heterocycles. The Morgan fingerprint density at radius 2 is 2.13 bits per heavy atom. The highest BCUT2D eigenvalue weighted by Crippen LogP contribution is 2.23. The molecule has 0 spiro atoms. The van der Waals surface area contributed by atoms with Crippen LogP contribution in [0.3, 0.4) is 0 Å². The minimum atomic E-state index is -0.933. The summed E-state index contributed by atoms with van der Waals surface area (Å²) in [5, 5.41) is 8.34. The molecule has 1 N–H and O–H groups in total. The van der Waals surface area contributed by atoms with Crippen LogP contribution in [0.25, 0.3) is 0 Å². The summed E-state index contributed by atoms with van der Waals surface area (Å²) >= 11 is 0. The normalized spacial score (nSPS) is 22.0. The molecule has 1 aliphatic rings. The predicted molar refractivity (Wildman–Crippen MR) is 55.1 cm³/mol. The van der Waals surface area contributed by atoms with Crippen LogP contribution in [0.4, 0.5) is 0 Å². The molecular weight excluding hydrogens is 198 g/mol. The molecule has 5 nitrogen and oxygen atoms in total. The molecule has 1 rings (SSSR count). The summed E-state index contributed by atoms with van der Waals surface area (Å²) in [5.74, 6) is -0.933. The third-order valence-electron chi connectivity index (χ3n) is 1.97. The largest absolute Gasteiger partial charge is 0.480 e. The molecule has 0 aromatic heterocycles. The van der Waals surface area contributed by atoms with Crippen molar-refractivity contribution in [2.75, 3.05) is 19.8 Å². The second-order valence-corrected chi connectivity index (χ2v) is 4.37. The van der Waals surface area contributed by atoms with Crippen LogP contribution in [0, 0.1) is 5.41 Å². The fourth-order valence-electron chi connectivity index (χ4n) is 1.17. The third kappa shape index (κ3) is 4.90. The van der Waals surface area contributed by atoms with Crippen LogP contribution in [0.5, 0.6) is 0 Å². The molecule has 0 unspecified atom stereocenters. The van der Waals surface area contributed by atoms with E-state index in [1.165, 1.54) is 6.21 Å². The van der Waals surface area contributed by atoms with E-state index in [1.54, 1.807) is 0 Å². The van der Waals surface area contributed by atoms with Gasteiger partial charge in [0.05, 0.1) is 13.2 Å². The van der Waals surface area contributed by atoms with E-state index in [9.17, 15) is 4.79 Å². The number of carbonyl (C=O) groups is 1. The van der Waals surface area contributed by atoms with Crippen LogP contribution in [0.1, 0.15) is 20.3 Å². The standard InChI is InChI=1S/C10H17NO4/c1-10(2)6-14-9(15-7-10)3-4-11-5-8(12)13/h4,9H,3,5-7H2,1-2H3,(H,12,13). The summed E-state index contributed by atoms with van der Waals surface area (Å²) < 4.78 is 10.9. The molecule has 5 heteroatoms. The summed E-state index contributed by atoms with van der Waals surface area (Å²) in [6, 6.07) is 0. The second-order valence-electron chi connectivity index (χ2n) is 4.37. The number of hydrogen-bond donors (Lipinski definition) is 1. The van der Waals surface area contributed by atoms with Crippen molar-refractivity contribution in [2.45, 2.75) is 26.6 Å². The maximum absolute atomic E-state index is 10.2. The predicted octanol–water partition coefficient (Wildman–Crippen LogP) is 0.931. The zero-order chi connectivity index (χ0) is 11.3. The molecule has 0 saturated carbocycles. The molecule has 0 aromatic rings. The highest BCUT2D eigenvalue weighted by atomic mass is 16.7. The topological polar surface area (TPSA) is 68.1 Å². The van der Waals surface area contributed by atoms with Gasteiger partial charge in [0.1, 0.15) is 6.54 Å². The number of aliphatic carboxylic acids is 1. The smallest absolute Gasteiger partial charge is 0.325 e. The van der Waals surface area contributed by atoms with E-state index in [0.29, 0.717) is 19.6 Å². The number of rotatable bonds is 4. The van der Waals surface area contributed by atoms with E-state index in [-0.39, 0.29) is 18.2 Å².